The van der Waals surface area contributed by atoms with Gasteiger partial charge in [0.15, 0.2) is 5.82 Å². The summed E-state index contributed by atoms with van der Waals surface area (Å²) in [5.74, 6) is 1.49. The number of anilines is 1. The molecule has 0 saturated carbocycles. The Kier molecular flexibility index (Phi) is 4.14. The Bertz CT molecular complexity index is 559. The number of rotatable bonds is 5. The molecule has 0 aliphatic rings. The second-order valence-electron chi connectivity index (χ2n) is 4.47. The minimum absolute atomic E-state index is 0.660. The molecule has 2 heterocycles. The summed E-state index contributed by atoms with van der Waals surface area (Å²) in [5, 5.41) is 7.76. The van der Waals surface area contributed by atoms with Gasteiger partial charge in [-0.2, -0.15) is 10.1 Å². The molecule has 0 atom stereocenters. The summed E-state index contributed by atoms with van der Waals surface area (Å²) in [4.78, 5) is 8.90. The van der Waals surface area contributed by atoms with Crippen LogP contribution in [-0.2, 0) is 12.8 Å². The van der Waals surface area contributed by atoms with Crippen molar-refractivity contribution in [2.24, 2.45) is 0 Å². The highest BCUT2D eigenvalue weighted by Crippen LogP contribution is 2.14. The van der Waals surface area contributed by atoms with Crippen LogP contribution in [0.15, 0.2) is 12.1 Å². The first kappa shape index (κ1) is 13.5. The molecular formula is C14H21N5. The van der Waals surface area contributed by atoms with Crippen molar-refractivity contribution in [2.75, 3.05) is 11.9 Å². The average molecular weight is 259 g/mol. The standard InChI is InChI=1S/C14H21N5/c1-5-11-9-12(6-2)19(18-11)13-8-10(4)16-14(17-13)15-7-3/h8-9H,5-7H2,1-4H3,(H,15,16,17). The maximum absolute atomic E-state index is 4.61. The SMILES string of the molecule is CCNc1nc(C)cc(-n2nc(CC)cc2CC)n1. The van der Waals surface area contributed by atoms with Crippen LogP contribution in [0.2, 0.25) is 0 Å². The Hall–Kier alpha value is -1.91. The van der Waals surface area contributed by atoms with Crippen LogP contribution in [-0.4, -0.2) is 26.3 Å². The van der Waals surface area contributed by atoms with Gasteiger partial charge in [-0.25, -0.2) is 9.67 Å². The fourth-order valence-electron chi connectivity index (χ4n) is 2.00. The van der Waals surface area contributed by atoms with Crippen LogP contribution in [0.4, 0.5) is 5.95 Å². The van der Waals surface area contributed by atoms with E-state index in [0.29, 0.717) is 5.95 Å². The molecule has 19 heavy (non-hydrogen) atoms. The van der Waals surface area contributed by atoms with Crippen molar-refractivity contribution in [2.45, 2.75) is 40.5 Å². The zero-order valence-electron chi connectivity index (χ0n) is 12.1. The van der Waals surface area contributed by atoms with Gasteiger partial charge in [-0.3, -0.25) is 0 Å². The van der Waals surface area contributed by atoms with E-state index in [1.807, 2.05) is 24.6 Å². The second kappa shape index (κ2) is 5.82. The molecule has 2 rings (SSSR count). The van der Waals surface area contributed by atoms with E-state index < -0.39 is 0 Å². The largest absolute Gasteiger partial charge is 0.354 e. The van der Waals surface area contributed by atoms with E-state index in [0.717, 1.165) is 36.6 Å². The van der Waals surface area contributed by atoms with Crippen LogP contribution in [0.3, 0.4) is 0 Å². The van der Waals surface area contributed by atoms with Gasteiger partial charge in [0.1, 0.15) is 0 Å². The molecule has 0 amide bonds. The lowest BCUT2D eigenvalue weighted by Gasteiger charge is -2.08. The third-order valence-corrected chi connectivity index (χ3v) is 2.95. The van der Waals surface area contributed by atoms with E-state index in [2.05, 4.69) is 40.3 Å². The van der Waals surface area contributed by atoms with Crippen molar-refractivity contribution in [3.8, 4) is 5.82 Å². The predicted octanol–water partition coefficient (Wildman–Crippen LogP) is 2.53. The number of aryl methyl sites for hydroxylation is 3. The van der Waals surface area contributed by atoms with E-state index in [4.69, 9.17) is 0 Å². The highest BCUT2D eigenvalue weighted by Gasteiger charge is 2.10. The van der Waals surface area contributed by atoms with Gasteiger partial charge in [-0.05, 0) is 32.8 Å². The Morgan fingerprint density at radius 2 is 1.89 bits per heavy atom. The summed E-state index contributed by atoms with van der Waals surface area (Å²) in [6.07, 6.45) is 1.87. The van der Waals surface area contributed by atoms with Crippen molar-refractivity contribution in [1.82, 2.24) is 19.7 Å². The van der Waals surface area contributed by atoms with E-state index in [-0.39, 0.29) is 0 Å². The van der Waals surface area contributed by atoms with E-state index in [9.17, 15) is 0 Å². The van der Waals surface area contributed by atoms with Crippen molar-refractivity contribution >= 4 is 5.95 Å². The molecule has 0 bridgehead atoms. The molecule has 102 valence electrons. The molecule has 5 heteroatoms. The number of nitrogens with one attached hydrogen (secondary N) is 1. The van der Waals surface area contributed by atoms with Gasteiger partial charge >= 0.3 is 0 Å². The quantitative estimate of drug-likeness (QED) is 0.896. The average Bonchev–Trinajstić information content (AvgIpc) is 2.81. The number of hydrogen-bond acceptors (Lipinski definition) is 4. The molecule has 5 nitrogen and oxygen atoms in total. The van der Waals surface area contributed by atoms with Crippen molar-refractivity contribution < 1.29 is 0 Å². The topological polar surface area (TPSA) is 55.6 Å². The summed E-state index contributed by atoms with van der Waals surface area (Å²) in [7, 11) is 0. The van der Waals surface area contributed by atoms with E-state index in [1.54, 1.807) is 0 Å². The maximum Gasteiger partial charge on any atom is 0.224 e. The van der Waals surface area contributed by atoms with Crippen molar-refractivity contribution in [3.05, 3.63) is 29.2 Å². The third kappa shape index (κ3) is 2.92. The molecule has 0 unspecified atom stereocenters. The van der Waals surface area contributed by atoms with Gasteiger partial charge < -0.3 is 5.32 Å². The lowest BCUT2D eigenvalue weighted by atomic mass is 10.2. The van der Waals surface area contributed by atoms with Crippen LogP contribution < -0.4 is 5.32 Å². The minimum Gasteiger partial charge on any atom is -0.354 e. The molecule has 2 aromatic heterocycles. The van der Waals surface area contributed by atoms with Crippen LogP contribution in [0.5, 0.6) is 0 Å². The number of nitrogens with zero attached hydrogens (tertiary/aromatic N) is 4. The van der Waals surface area contributed by atoms with Crippen molar-refractivity contribution in [1.29, 1.82) is 0 Å². The van der Waals surface area contributed by atoms with Crippen molar-refractivity contribution in [3.63, 3.8) is 0 Å². The molecule has 1 N–H and O–H groups in total. The van der Waals surface area contributed by atoms with Gasteiger partial charge in [0.25, 0.3) is 0 Å². The first-order valence-corrected chi connectivity index (χ1v) is 6.85. The molecule has 0 aliphatic heterocycles. The molecule has 0 radical (unpaired) electrons. The lowest BCUT2D eigenvalue weighted by Crippen LogP contribution is -2.09. The normalized spacial score (nSPS) is 10.7. The summed E-state index contributed by atoms with van der Waals surface area (Å²) < 4.78 is 1.92. The lowest BCUT2D eigenvalue weighted by molar-refractivity contribution is 0.767. The molecule has 2 aromatic rings. The fraction of sp³-hybridized carbons (Fsp3) is 0.500. The molecular weight excluding hydrogens is 238 g/mol. The molecule has 0 saturated heterocycles. The van der Waals surface area contributed by atoms with Gasteiger partial charge in [0.2, 0.25) is 5.95 Å². The predicted molar refractivity (Wildman–Crippen MR) is 76.8 cm³/mol. The number of aromatic nitrogens is 4. The Morgan fingerprint density at radius 3 is 2.53 bits per heavy atom. The first-order chi connectivity index (χ1) is 9.17. The van der Waals surface area contributed by atoms with Gasteiger partial charge in [-0.15, -0.1) is 0 Å². The summed E-state index contributed by atoms with van der Waals surface area (Å²) >= 11 is 0. The van der Waals surface area contributed by atoms with Gasteiger partial charge in [0.05, 0.1) is 5.69 Å². The third-order valence-electron chi connectivity index (χ3n) is 2.95. The highest BCUT2D eigenvalue weighted by molar-refractivity contribution is 5.36. The molecule has 0 aliphatic carbocycles. The van der Waals surface area contributed by atoms with Crippen LogP contribution in [0, 0.1) is 6.92 Å². The summed E-state index contributed by atoms with van der Waals surface area (Å²) in [6, 6.07) is 4.11. The summed E-state index contributed by atoms with van der Waals surface area (Å²) in [5.41, 5.74) is 3.21. The second-order valence-corrected chi connectivity index (χ2v) is 4.47. The maximum atomic E-state index is 4.61. The van der Waals surface area contributed by atoms with Crippen LogP contribution in [0.1, 0.15) is 37.9 Å². The zero-order valence-corrected chi connectivity index (χ0v) is 12.1. The Morgan fingerprint density at radius 1 is 1.11 bits per heavy atom. The monoisotopic (exact) mass is 259 g/mol. The van der Waals surface area contributed by atoms with E-state index >= 15 is 0 Å². The van der Waals surface area contributed by atoms with Gasteiger partial charge in [-0.1, -0.05) is 13.8 Å². The van der Waals surface area contributed by atoms with Gasteiger partial charge in [0, 0.05) is 24.0 Å². The first-order valence-electron chi connectivity index (χ1n) is 6.85. The summed E-state index contributed by atoms with van der Waals surface area (Å²) in [6.45, 7) is 9.06. The fourth-order valence-corrected chi connectivity index (χ4v) is 2.00. The van der Waals surface area contributed by atoms with Crippen LogP contribution in [0.25, 0.3) is 5.82 Å². The molecule has 0 aromatic carbocycles. The Labute approximate surface area is 114 Å². The highest BCUT2D eigenvalue weighted by atomic mass is 15.3. The molecule has 0 spiro atoms. The van der Waals surface area contributed by atoms with Crippen LogP contribution >= 0.6 is 0 Å². The smallest absolute Gasteiger partial charge is 0.224 e. The number of hydrogen-bond donors (Lipinski definition) is 1. The Balaban J connectivity index is 2.48. The molecule has 0 fully saturated rings. The minimum atomic E-state index is 0.660. The van der Waals surface area contributed by atoms with E-state index in [1.165, 1.54) is 5.69 Å². The zero-order chi connectivity index (χ0) is 13.8.